The maximum absolute atomic E-state index is 14.4. The van der Waals surface area contributed by atoms with Gasteiger partial charge in [-0.05, 0) is 77.9 Å². The van der Waals surface area contributed by atoms with E-state index in [4.69, 9.17) is 4.74 Å². The Kier molecular flexibility index (Phi) is 9.99. The summed E-state index contributed by atoms with van der Waals surface area (Å²) >= 11 is 0. The number of hydrogen-bond donors (Lipinski definition) is 2. The van der Waals surface area contributed by atoms with E-state index in [2.05, 4.69) is 15.5 Å². The van der Waals surface area contributed by atoms with Crippen LogP contribution in [0.15, 0.2) is 71.8 Å². The maximum atomic E-state index is 14.4. The Balaban J connectivity index is 1.57. The quantitative estimate of drug-likeness (QED) is 0.191. The first kappa shape index (κ1) is 30.0. The molecule has 1 heterocycles. The minimum absolute atomic E-state index is 0.0843. The second-order valence-corrected chi connectivity index (χ2v) is 10.1. The zero-order valence-electron chi connectivity index (χ0n) is 23.2. The zero-order chi connectivity index (χ0) is 29.4. The molecule has 0 unspecified atom stereocenters. The second-order valence-electron chi connectivity index (χ2n) is 10.1. The van der Waals surface area contributed by atoms with Gasteiger partial charge in [0.2, 0.25) is 11.9 Å². The molecule has 0 aliphatic heterocycles. The predicted molar refractivity (Wildman–Crippen MR) is 152 cm³/mol. The van der Waals surface area contributed by atoms with Gasteiger partial charge in [-0.15, -0.1) is 0 Å². The summed E-state index contributed by atoms with van der Waals surface area (Å²) in [6.45, 7) is 1.65. The number of amides is 1. The SMILES string of the molecule is CN(C)C(=O)CCCNCCOc1ccc(/C(=C(/CC(F)(F)F)C2=CC=CCC2)c2ccc3n[nH]c(F)c3c2)cc1. The molecule has 1 amide bonds. The van der Waals surface area contributed by atoms with E-state index in [1.165, 1.54) is 0 Å². The fraction of sp³-hybridized carbons (Fsp3) is 0.355. The van der Waals surface area contributed by atoms with Crippen molar-refractivity contribution >= 4 is 22.4 Å². The number of aromatic nitrogens is 2. The number of nitrogens with one attached hydrogen (secondary N) is 2. The monoisotopic (exact) mass is 570 g/mol. The molecule has 1 aliphatic rings. The molecule has 6 nitrogen and oxygen atoms in total. The van der Waals surface area contributed by atoms with E-state index in [0.29, 0.717) is 72.5 Å². The Labute approximate surface area is 236 Å². The number of aromatic amines is 1. The van der Waals surface area contributed by atoms with Crippen molar-refractivity contribution in [2.45, 2.75) is 38.3 Å². The van der Waals surface area contributed by atoms with Crippen molar-refractivity contribution in [3.63, 3.8) is 0 Å². The number of nitrogens with zero attached hydrogens (tertiary/aromatic N) is 2. The van der Waals surface area contributed by atoms with Crippen LogP contribution in [0.4, 0.5) is 17.6 Å². The van der Waals surface area contributed by atoms with Gasteiger partial charge in [0.25, 0.3) is 0 Å². The molecule has 10 heteroatoms. The average Bonchev–Trinajstić information content (AvgIpc) is 3.32. The predicted octanol–water partition coefficient (Wildman–Crippen LogP) is 6.57. The van der Waals surface area contributed by atoms with Gasteiger partial charge < -0.3 is 15.0 Å². The molecule has 41 heavy (non-hydrogen) atoms. The Morgan fingerprint density at radius 1 is 1.10 bits per heavy atom. The summed E-state index contributed by atoms with van der Waals surface area (Å²) in [6.07, 6.45) is 2.18. The molecule has 2 aromatic carbocycles. The summed E-state index contributed by atoms with van der Waals surface area (Å²) in [7, 11) is 3.46. The standard InChI is InChI=1S/C31H34F4N4O2/c1-39(2)28(40)9-6-16-36-17-18-41-24-13-10-22(11-14-24)29(23-12-15-27-25(19-23)30(32)38-37-27)26(20-31(33,34)35)21-7-4-3-5-8-21/h3-4,7,10-15,19,36H,5-6,8-9,16-18,20H2,1-2H3,(H,37,38)/b29-26+. The van der Waals surface area contributed by atoms with Crippen LogP contribution < -0.4 is 10.1 Å². The number of benzene rings is 2. The zero-order valence-corrected chi connectivity index (χ0v) is 23.2. The first-order valence-electron chi connectivity index (χ1n) is 13.6. The first-order chi connectivity index (χ1) is 19.6. The number of ether oxygens (including phenoxy) is 1. The summed E-state index contributed by atoms with van der Waals surface area (Å²) in [5.74, 6) is 0.0206. The molecule has 4 rings (SSSR count). The fourth-order valence-electron chi connectivity index (χ4n) is 4.74. The van der Waals surface area contributed by atoms with Crippen LogP contribution in [0.1, 0.15) is 43.2 Å². The number of H-pyrrole nitrogens is 1. The molecular formula is C31H34F4N4O2. The molecule has 1 aromatic heterocycles. The van der Waals surface area contributed by atoms with Gasteiger partial charge in [0.15, 0.2) is 0 Å². The Hall–Kier alpha value is -3.92. The Bertz CT molecular complexity index is 1440. The van der Waals surface area contributed by atoms with Crippen molar-refractivity contribution in [3.8, 4) is 5.75 Å². The van der Waals surface area contributed by atoms with Gasteiger partial charge in [-0.2, -0.15) is 22.7 Å². The van der Waals surface area contributed by atoms with Gasteiger partial charge >= 0.3 is 6.18 Å². The molecule has 218 valence electrons. The van der Waals surface area contributed by atoms with Crippen LogP contribution in [-0.2, 0) is 4.79 Å². The van der Waals surface area contributed by atoms with E-state index >= 15 is 0 Å². The normalized spacial score (nSPS) is 14.1. The van der Waals surface area contributed by atoms with Crippen LogP contribution in [0.3, 0.4) is 0 Å². The van der Waals surface area contributed by atoms with Crippen LogP contribution >= 0.6 is 0 Å². The Morgan fingerprint density at radius 3 is 2.54 bits per heavy atom. The number of rotatable bonds is 12. The molecule has 2 N–H and O–H groups in total. The number of fused-ring (bicyclic) bond motifs is 1. The summed E-state index contributed by atoms with van der Waals surface area (Å²) in [6, 6.07) is 11.7. The van der Waals surface area contributed by atoms with Gasteiger partial charge in [0.1, 0.15) is 12.4 Å². The molecule has 0 spiro atoms. The van der Waals surface area contributed by atoms with Gasteiger partial charge in [-0.3, -0.25) is 9.89 Å². The highest BCUT2D eigenvalue weighted by molar-refractivity contribution is 5.90. The van der Waals surface area contributed by atoms with Gasteiger partial charge in [-0.1, -0.05) is 36.4 Å². The molecule has 0 fully saturated rings. The van der Waals surface area contributed by atoms with Gasteiger partial charge in [-0.25, -0.2) is 0 Å². The number of hydrogen-bond acceptors (Lipinski definition) is 4. The lowest BCUT2D eigenvalue weighted by Gasteiger charge is -2.22. The first-order valence-corrected chi connectivity index (χ1v) is 13.6. The summed E-state index contributed by atoms with van der Waals surface area (Å²) in [4.78, 5) is 13.2. The number of carbonyl (C=O) groups excluding carboxylic acids is 1. The highest BCUT2D eigenvalue weighted by Crippen LogP contribution is 2.40. The molecular weight excluding hydrogens is 536 g/mol. The third-order valence-corrected chi connectivity index (χ3v) is 6.81. The van der Waals surface area contributed by atoms with Crippen LogP contribution in [-0.4, -0.2) is 61.0 Å². The van der Waals surface area contributed by atoms with Crippen LogP contribution in [0.5, 0.6) is 5.75 Å². The van der Waals surface area contributed by atoms with Crippen molar-refractivity contribution in [2.75, 3.05) is 33.8 Å². The Morgan fingerprint density at radius 2 is 1.85 bits per heavy atom. The van der Waals surface area contributed by atoms with Gasteiger partial charge in [0.05, 0.1) is 17.3 Å². The highest BCUT2D eigenvalue weighted by atomic mass is 19.4. The van der Waals surface area contributed by atoms with E-state index in [1.807, 2.05) is 6.08 Å². The van der Waals surface area contributed by atoms with Crippen molar-refractivity contribution < 1.29 is 27.1 Å². The van der Waals surface area contributed by atoms with E-state index < -0.39 is 18.5 Å². The van der Waals surface area contributed by atoms with Crippen molar-refractivity contribution in [1.29, 1.82) is 0 Å². The third kappa shape index (κ3) is 8.29. The minimum atomic E-state index is -4.44. The third-order valence-electron chi connectivity index (χ3n) is 6.81. The smallest absolute Gasteiger partial charge is 0.393 e. The van der Waals surface area contributed by atoms with Crippen molar-refractivity contribution in [2.24, 2.45) is 0 Å². The van der Waals surface area contributed by atoms with Crippen LogP contribution in [0.25, 0.3) is 16.5 Å². The van der Waals surface area contributed by atoms with Crippen LogP contribution in [0.2, 0.25) is 0 Å². The van der Waals surface area contributed by atoms with Gasteiger partial charge in [0, 0.05) is 27.1 Å². The summed E-state index contributed by atoms with van der Waals surface area (Å²) in [5, 5.41) is 9.64. The molecule has 0 saturated heterocycles. The summed E-state index contributed by atoms with van der Waals surface area (Å²) in [5.41, 5.74) is 2.59. The number of halogens is 4. The van der Waals surface area contributed by atoms with E-state index in [9.17, 15) is 22.4 Å². The molecule has 0 atom stereocenters. The molecule has 0 saturated carbocycles. The molecule has 1 aliphatic carbocycles. The topological polar surface area (TPSA) is 70.2 Å². The maximum Gasteiger partial charge on any atom is 0.393 e. The minimum Gasteiger partial charge on any atom is -0.492 e. The molecule has 3 aromatic rings. The number of alkyl halides is 3. The highest BCUT2D eigenvalue weighted by Gasteiger charge is 2.32. The lowest BCUT2D eigenvalue weighted by molar-refractivity contribution is -0.129. The number of carbonyl (C=O) groups is 1. The van der Waals surface area contributed by atoms with E-state index in [-0.39, 0.29) is 16.9 Å². The fourth-order valence-corrected chi connectivity index (χ4v) is 4.74. The van der Waals surface area contributed by atoms with E-state index in [0.717, 1.165) is 6.42 Å². The van der Waals surface area contributed by atoms with E-state index in [1.54, 1.807) is 73.6 Å². The lowest BCUT2D eigenvalue weighted by atomic mass is 9.84. The van der Waals surface area contributed by atoms with Crippen molar-refractivity contribution in [3.05, 3.63) is 88.9 Å². The second kappa shape index (κ2) is 13.6. The summed E-state index contributed by atoms with van der Waals surface area (Å²) < 4.78 is 61.9. The molecule has 0 bridgehead atoms. The average molecular weight is 571 g/mol. The largest absolute Gasteiger partial charge is 0.492 e. The lowest BCUT2D eigenvalue weighted by Crippen LogP contribution is -2.25. The molecule has 0 radical (unpaired) electrons. The van der Waals surface area contributed by atoms with Crippen molar-refractivity contribution in [1.82, 2.24) is 20.4 Å². The number of allylic oxidation sites excluding steroid dienone is 5. The van der Waals surface area contributed by atoms with Crippen LogP contribution in [0, 0.1) is 5.95 Å².